The number of benzene rings is 1. The minimum atomic E-state index is 0.0141. The van der Waals surface area contributed by atoms with E-state index in [1.807, 2.05) is 0 Å². The largest absolute Gasteiger partial charge is 0.392 e. The summed E-state index contributed by atoms with van der Waals surface area (Å²) < 4.78 is 4.98. The van der Waals surface area contributed by atoms with Gasteiger partial charge in [-0.1, -0.05) is 24.3 Å². The molecule has 0 radical (unpaired) electrons. The molecule has 1 aliphatic rings. The lowest BCUT2D eigenvalue weighted by Crippen LogP contribution is -2.03. The van der Waals surface area contributed by atoms with Crippen LogP contribution in [0.15, 0.2) is 24.3 Å². The molecule has 1 atom stereocenters. The highest BCUT2D eigenvalue weighted by Gasteiger charge is 2.25. The van der Waals surface area contributed by atoms with Gasteiger partial charge in [0.2, 0.25) is 0 Å². The van der Waals surface area contributed by atoms with E-state index in [0.29, 0.717) is 18.6 Å². The molecular formula is C11H12O3. The van der Waals surface area contributed by atoms with Crippen molar-refractivity contribution in [2.24, 2.45) is 0 Å². The van der Waals surface area contributed by atoms with Crippen LogP contribution in [-0.2, 0) is 11.3 Å². The van der Waals surface area contributed by atoms with Crippen molar-refractivity contribution in [1.29, 1.82) is 0 Å². The second kappa shape index (κ2) is 3.90. The van der Waals surface area contributed by atoms with E-state index < -0.39 is 0 Å². The number of aliphatic hydroxyl groups is 1. The lowest BCUT2D eigenvalue weighted by Gasteiger charge is -2.00. The number of Topliss-reactive ketones (excluding diaryl/α,β-unsaturated/α-hetero) is 1. The summed E-state index contributed by atoms with van der Waals surface area (Å²) in [6.07, 6.45) is 0.610. The van der Waals surface area contributed by atoms with E-state index in [4.69, 9.17) is 9.84 Å². The van der Waals surface area contributed by atoms with Crippen LogP contribution in [0.3, 0.4) is 0 Å². The number of hydrogen-bond acceptors (Lipinski definition) is 3. The Morgan fingerprint density at radius 2 is 2.07 bits per heavy atom. The molecule has 1 aromatic carbocycles. The molecular weight excluding hydrogens is 180 g/mol. The molecule has 0 spiro atoms. The Balaban J connectivity index is 2.03. The molecule has 0 bridgehead atoms. The summed E-state index contributed by atoms with van der Waals surface area (Å²) >= 11 is 0. The van der Waals surface area contributed by atoms with Crippen molar-refractivity contribution in [3.05, 3.63) is 35.4 Å². The van der Waals surface area contributed by atoms with Crippen molar-refractivity contribution < 1.29 is 14.6 Å². The van der Waals surface area contributed by atoms with Crippen LogP contribution in [0.2, 0.25) is 0 Å². The number of aliphatic hydroxyl groups excluding tert-OH is 1. The van der Waals surface area contributed by atoms with Gasteiger partial charge in [0.05, 0.1) is 19.3 Å². The predicted molar refractivity (Wildman–Crippen MR) is 51.1 cm³/mol. The maximum Gasteiger partial charge on any atom is 0.165 e. The topological polar surface area (TPSA) is 49.8 Å². The molecule has 2 rings (SSSR count). The van der Waals surface area contributed by atoms with E-state index in [-0.39, 0.29) is 18.5 Å². The van der Waals surface area contributed by atoms with Gasteiger partial charge in [-0.15, -0.1) is 0 Å². The fraction of sp³-hybridized carbons (Fsp3) is 0.364. The van der Waals surface area contributed by atoms with Crippen LogP contribution in [0.1, 0.15) is 22.3 Å². The van der Waals surface area contributed by atoms with Gasteiger partial charge < -0.3 is 9.84 Å². The Bertz CT molecular complexity index is 325. The summed E-state index contributed by atoms with van der Waals surface area (Å²) in [5.41, 5.74) is 1.52. The SMILES string of the molecule is O=C(CC1CO1)c1ccc(CO)cc1. The molecule has 1 N–H and O–H groups in total. The van der Waals surface area contributed by atoms with Gasteiger partial charge in [-0.05, 0) is 5.56 Å². The molecule has 3 nitrogen and oxygen atoms in total. The first-order valence-corrected chi connectivity index (χ1v) is 4.64. The summed E-state index contributed by atoms with van der Waals surface area (Å²) in [6, 6.07) is 7.02. The number of carbonyl (C=O) groups is 1. The van der Waals surface area contributed by atoms with E-state index in [1.54, 1.807) is 24.3 Å². The second-order valence-electron chi connectivity index (χ2n) is 3.44. The third-order valence-electron chi connectivity index (χ3n) is 2.27. The van der Waals surface area contributed by atoms with E-state index in [2.05, 4.69) is 0 Å². The van der Waals surface area contributed by atoms with E-state index in [9.17, 15) is 4.79 Å². The quantitative estimate of drug-likeness (QED) is 0.575. The fourth-order valence-electron chi connectivity index (χ4n) is 1.31. The van der Waals surface area contributed by atoms with Gasteiger partial charge in [0.25, 0.3) is 0 Å². The first kappa shape index (κ1) is 9.37. The van der Waals surface area contributed by atoms with E-state index in [0.717, 1.165) is 5.56 Å². The number of ketones is 1. The monoisotopic (exact) mass is 192 g/mol. The number of carbonyl (C=O) groups excluding carboxylic acids is 1. The Kier molecular flexibility index (Phi) is 2.61. The highest BCUT2D eigenvalue weighted by Crippen LogP contribution is 2.17. The first-order valence-electron chi connectivity index (χ1n) is 4.64. The molecule has 1 fully saturated rings. The smallest absolute Gasteiger partial charge is 0.165 e. The van der Waals surface area contributed by atoms with Gasteiger partial charge in [-0.25, -0.2) is 0 Å². The Labute approximate surface area is 82.3 Å². The highest BCUT2D eigenvalue weighted by atomic mass is 16.6. The maximum atomic E-state index is 11.6. The average Bonchev–Trinajstić information content (AvgIpc) is 3.02. The lowest BCUT2D eigenvalue weighted by molar-refractivity contribution is 0.0972. The molecule has 0 aliphatic carbocycles. The minimum absolute atomic E-state index is 0.0141. The van der Waals surface area contributed by atoms with Gasteiger partial charge in [-0.2, -0.15) is 0 Å². The van der Waals surface area contributed by atoms with E-state index in [1.165, 1.54) is 0 Å². The Morgan fingerprint density at radius 3 is 2.57 bits per heavy atom. The third-order valence-corrected chi connectivity index (χ3v) is 2.27. The Hall–Kier alpha value is -1.19. The van der Waals surface area contributed by atoms with Gasteiger partial charge in [0.1, 0.15) is 0 Å². The molecule has 1 aliphatic heterocycles. The minimum Gasteiger partial charge on any atom is -0.392 e. The maximum absolute atomic E-state index is 11.6. The first-order chi connectivity index (χ1) is 6.79. The Morgan fingerprint density at radius 1 is 1.43 bits per heavy atom. The number of rotatable bonds is 4. The van der Waals surface area contributed by atoms with Crippen LogP contribution >= 0.6 is 0 Å². The lowest BCUT2D eigenvalue weighted by atomic mass is 10.1. The van der Waals surface area contributed by atoms with Gasteiger partial charge >= 0.3 is 0 Å². The van der Waals surface area contributed by atoms with Crippen molar-refractivity contribution in [2.45, 2.75) is 19.1 Å². The highest BCUT2D eigenvalue weighted by molar-refractivity contribution is 5.96. The van der Waals surface area contributed by atoms with Crippen molar-refractivity contribution in [3.63, 3.8) is 0 Å². The van der Waals surface area contributed by atoms with Gasteiger partial charge in [0.15, 0.2) is 5.78 Å². The van der Waals surface area contributed by atoms with E-state index >= 15 is 0 Å². The third kappa shape index (κ3) is 2.19. The van der Waals surface area contributed by atoms with Crippen molar-refractivity contribution in [2.75, 3.05) is 6.61 Å². The summed E-state index contributed by atoms with van der Waals surface area (Å²) in [5, 5.41) is 8.82. The van der Waals surface area contributed by atoms with Crippen molar-refractivity contribution in [1.82, 2.24) is 0 Å². The standard InChI is InChI=1S/C11H12O3/c12-6-8-1-3-9(4-2-8)11(13)5-10-7-14-10/h1-4,10,12H,5-7H2. The molecule has 74 valence electrons. The summed E-state index contributed by atoms with van der Waals surface area (Å²) in [5.74, 6) is 0.108. The summed E-state index contributed by atoms with van der Waals surface area (Å²) in [7, 11) is 0. The number of hydrogen-bond donors (Lipinski definition) is 1. The zero-order chi connectivity index (χ0) is 9.97. The molecule has 1 heterocycles. The predicted octanol–water partition coefficient (Wildman–Crippen LogP) is 1.15. The molecule has 0 saturated carbocycles. The van der Waals surface area contributed by atoms with Crippen LogP contribution in [0.25, 0.3) is 0 Å². The zero-order valence-electron chi connectivity index (χ0n) is 7.77. The summed E-state index contributed by atoms with van der Waals surface area (Å²) in [4.78, 5) is 11.6. The normalized spacial score (nSPS) is 19.4. The average molecular weight is 192 g/mol. The molecule has 0 amide bonds. The van der Waals surface area contributed by atoms with Crippen LogP contribution in [0.4, 0.5) is 0 Å². The molecule has 3 heteroatoms. The van der Waals surface area contributed by atoms with Crippen LogP contribution in [-0.4, -0.2) is 23.6 Å². The molecule has 1 unspecified atom stereocenters. The molecule has 0 aromatic heterocycles. The van der Waals surface area contributed by atoms with Crippen molar-refractivity contribution >= 4 is 5.78 Å². The van der Waals surface area contributed by atoms with Crippen molar-refractivity contribution in [3.8, 4) is 0 Å². The van der Waals surface area contributed by atoms with Crippen LogP contribution in [0.5, 0.6) is 0 Å². The fourth-order valence-corrected chi connectivity index (χ4v) is 1.31. The number of epoxide rings is 1. The molecule has 14 heavy (non-hydrogen) atoms. The molecule has 1 saturated heterocycles. The zero-order valence-corrected chi connectivity index (χ0v) is 7.77. The summed E-state index contributed by atoms with van der Waals surface area (Å²) in [6.45, 7) is 0.723. The van der Waals surface area contributed by atoms with Crippen LogP contribution < -0.4 is 0 Å². The van der Waals surface area contributed by atoms with Gasteiger partial charge in [-0.3, -0.25) is 4.79 Å². The number of ether oxygens (including phenoxy) is 1. The van der Waals surface area contributed by atoms with Gasteiger partial charge in [0, 0.05) is 12.0 Å². The second-order valence-corrected chi connectivity index (χ2v) is 3.44. The molecule has 1 aromatic rings. The van der Waals surface area contributed by atoms with Crippen LogP contribution in [0, 0.1) is 0 Å².